The molecule has 98 valence electrons. The van der Waals surface area contributed by atoms with Gasteiger partial charge in [-0.2, -0.15) is 0 Å². The van der Waals surface area contributed by atoms with E-state index in [1.807, 2.05) is 0 Å². The Morgan fingerprint density at radius 2 is 1.72 bits per heavy atom. The van der Waals surface area contributed by atoms with Crippen LogP contribution in [0.4, 0.5) is 0 Å². The number of fused-ring (bicyclic) bond motifs is 2. The Morgan fingerprint density at radius 1 is 1.22 bits per heavy atom. The zero-order valence-electron chi connectivity index (χ0n) is 10.1. The number of nitrogens with zero attached hydrogens (tertiary/aromatic N) is 1. The number of carbonyl (C=O) groups is 2. The van der Waals surface area contributed by atoms with Crippen LogP contribution in [0.1, 0.15) is 38.5 Å². The van der Waals surface area contributed by atoms with E-state index in [0.29, 0.717) is 25.7 Å². The molecule has 2 bridgehead atoms. The summed E-state index contributed by atoms with van der Waals surface area (Å²) in [6.45, 7) is 0. The first-order valence-electron chi connectivity index (χ1n) is 6.39. The van der Waals surface area contributed by atoms with Crippen LogP contribution in [0.2, 0.25) is 0 Å². The van der Waals surface area contributed by atoms with Gasteiger partial charge in [-0.05, 0) is 25.7 Å². The number of carbonyl (C=O) groups excluding carboxylic acids is 2. The lowest BCUT2D eigenvalue weighted by Gasteiger charge is -2.42. The number of hydrogen-bond acceptors (Lipinski definition) is 4. The van der Waals surface area contributed by atoms with Crippen LogP contribution in [0.5, 0.6) is 0 Å². The molecule has 6 heteroatoms. The lowest BCUT2D eigenvalue weighted by Crippen LogP contribution is -2.65. The van der Waals surface area contributed by atoms with Crippen molar-refractivity contribution in [3.63, 3.8) is 0 Å². The van der Waals surface area contributed by atoms with E-state index in [2.05, 4.69) is 0 Å². The topological polar surface area (TPSA) is 72.6 Å². The molecule has 1 saturated carbocycles. The summed E-state index contributed by atoms with van der Waals surface area (Å²) in [5.74, 6) is -0.494. The highest BCUT2D eigenvalue weighted by molar-refractivity contribution is 7.80. The number of likely N-dealkylation sites (tertiary alicyclic amines) is 1. The normalized spacial score (nSPS) is 34.1. The largest absolute Gasteiger partial charge is 0.391 e. The fourth-order valence-electron chi connectivity index (χ4n) is 3.36. The van der Waals surface area contributed by atoms with Crippen molar-refractivity contribution in [3.05, 3.63) is 0 Å². The molecule has 0 aromatic heterocycles. The van der Waals surface area contributed by atoms with Gasteiger partial charge in [-0.1, -0.05) is 25.1 Å². The average molecular weight is 268 g/mol. The predicted octanol–water partition coefficient (Wildman–Crippen LogP) is 0.502. The molecule has 2 unspecified atom stereocenters. The molecule has 2 N–H and O–H groups in total. The minimum atomic E-state index is -0.728. The van der Waals surface area contributed by atoms with Crippen LogP contribution >= 0.6 is 12.2 Å². The Balaban J connectivity index is 2.01. The molecule has 2 atom stereocenters. The van der Waals surface area contributed by atoms with E-state index in [-0.39, 0.29) is 16.8 Å². The lowest BCUT2D eigenvalue weighted by atomic mass is 9.93. The number of thiocarbonyl (C=S) groups is 1. The smallest absolute Gasteiger partial charge is 0.259 e. The van der Waals surface area contributed by atoms with Crippen molar-refractivity contribution in [1.29, 1.82) is 0 Å². The number of nitrogens with two attached hydrogens (primary N) is 1. The number of rotatable bonds is 2. The van der Waals surface area contributed by atoms with Crippen molar-refractivity contribution < 1.29 is 14.3 Å². The van der Waals surface area contributed by atoms with Crippen LogP contribution in [0, 0.1) is 0 Å². The molecule has 2 amide bonds. The fourth-order valence-corrected chi connectivity index (χ4v) is 3.65. The second-order valence-electron chi connectivity index (χ2n) is 5.31. The second-order valence-corrected chi connectivity index (χ2v) is 5.75. The van der Waals surface area contributed by atoms with Crippen LogP contribution in [0.3, 0.4) is 0 Å². The van der Waals surface area contributed by atoms with Crippen molar-refractivity contribution >= 4 is 29.0 Å². The highest BCUT2D eigenvalue weighted by Gasteiger charge is 2.56. The predicted molar refractivity (Wildman–Crippen MR) is 67.7 cm³/mol. The van der Waals surface area contributed by atoms with E-state index in [4.69, 9.17) is 22.7 Å². The van der Waals surface area contributed by atoms with Crippen molar-refractivity contribution in [2.45, 2.75) is 56.3 Å². The van der Waals surface area contributed by atoms with Crippen LogP contribution < -0.4 is 5.73 Å². The third kappa shape index (κ3) is 1.45. The number of imide groups is 1. The molecule has 3 aliphatic rings. The van der Waals surface area contributed by atoms with Gasteiger partial charge in [-0.15, -0.1) is 0 Å². The molecule has 0 aromatic rings. The van der Waals surface area contributed by atoms with Crippen molar-refractivity contribution in [1.82, 2.24) is 4.90 Å². The van der Waals surface area contributed by atoms with E-state index in [0.717, 1.165) is 12.8 Å². The first-order valence-corrected chi connectivity index (χ1v) is 6.80. The van der Waals surface area contributed by atoms with Gasteiger partial charge < -0.3 is 10.5 Å². The third-order valence-electron chi connectivity index (χ3n) is 4.33. The maximum atomic E-state index is 12.4. The van der Waals surface area contributed by atoms with Crippen LogP contribution in [0.15, 0.2) is 0 Å². The third-order valence-corrected chi connectivity index (χ3v) is 4.71. The van der Waals surface area contributed by atoms with Gasteiger partial charge in [-0.25, -0.2) is 0 Å². The van der Waals surface area contributed by atoms with E-state index >= 15 is 0 Å². The average Bonchev–Trinajstić information content (AvgIpc) is 2.96. The fraction of sp³-hybridized carbons (Fsp3) is 0.750. The SMILES string of the molecule is NC(=S)C1(N2C(=O)C3CCC(O3)C2=O)CCCC1. The summed E-state index contributed by atoms with van der Waals surface area (Å²) in [4.78, 5) is 26.3. The Kier molecular flexibility index (Phi) is 2.67. The van der Waals surface area contributed by atoms with Gasteiger partial charge in [-0.3, -0.25) is 14.5 Å². The highest BCUT2D eigenvalue weighted by atomic mass is 32.1. The maximum absolute atomic E-state index is 12.4. The quantitative estimate of drug-likeness (QED) is 0.583. The zero-order valence-corrected chi connectivity index (χ0v) is 10.9. The Labute approximate surface area is 111 Å². The Hall–Kier alpha value is -1.01. The summed E-state index contributed by atoms with van der Waals surface area (Å²) in [5, 5.41) is 0. The first-order chi connectivity index (χ1) is 8.56. The van der Waals surface area contributed by atoms with Gasteiger partial charge in [0.2, 0.25) is 0 Å². The molecular formula is C12H16N2O3S. The van der Waals surface area contributed by atoms with Crippen LogP contribution in [-0.4, -0.2) is 39.4 Å². The molecule has 2 saturated heterocycles. The number of amides is 2. The van der Waals surface area contributed by atoms with Gasteiger partial charge in [0, 0.05) is 0 Å². The van der Waals surface area contributed by atoms with Crippen molar-refractivity contribution in [2.75, 3.05) is 0 Å². The van der Waals surface area contributed by atoms with E-state index in [1.165, 1.54) is 4.90 Å². The molecule has 3 fully saturated rings. The zero-order chi connectivity index (χ0) is 12.9. The second kappa shape index (κ2) is 3.99. The van der Waals surface area contributed by atoms with Crippen molar-refractivity contribution in [2.24, 2.45) is 5.73 Å². The van der Waals surface area contributed by atoms with Gasteiger partial charge in [0.1, 0.15) is 17.7 Å². The molecule has 0 radical (unpaired) electrons. The molecule has 3 rings (SSSR count). The standard InChI is InChI=1S/C12H16N2O3S/c13-11(18)12(5-1-2-6-12)14-9(15)7-3-4-8(17-7)10(14)16/h7-8H,1-6H2,(H2,13,18). The van der Waals surface area contributed by atoms with Crippen LogP contribution in [-0.2, 0) is 14.3 Å². The molecule has 5 nitrogen and oxygen atoms in total. The van der Waals surface area contributed by atoms with E-state index < -0.39 is 17.7 Å². The van der Waals surface area contributed by atoms with Gasteiger partial charge in [0.15, 0.2) is 0 Å². The molecule has 18 heavy (non-hydrogen) atoms. The summed E-state index contributed by atoms with van der Waals surface area (Å²) in [5.41, 5.74) is 5.12. The number of morpholine rings is 1. The Bertz CT molecular complexity index is 409. The molecule has 0 aromatic carbocycles. The summed E-state index contributed by atoms with van der Waals surface area (Å²) < 4.78 is 5.41. The molecule has 1 aliphatic carbocycles. The van der Waals surface area contributed by atoms with Gasteiger partial charge in [0.25, 0.3) is 11.8 Å². The van der Waals surface area contributed by atoms with Crippen molar-refractivity contribution in [3.8, 4) is 0 Å². The lowest BCUT2D eigenvalue weighted by molar-refractivity contribution is -0.173. The highest BCUT2D eigenvalue weighted by Crippen LogP contribution is 2.41. The van der Waals surface area contributed by atoms with E-state index in [9.17, 15) is 9.59 Å². The van der Waals surface area contributed by atoms with E-state index in [1.54, 1.807) is 0 Å². The van der Waals surface area contributed by atoms with Gasteiger partial charge in [0.05, 0.1) is 4.99 Å². The Morgan fingerprint density at radius 3 is 2.17 bits per heavy atom. The summed E-state index contributed by atoms with van der Waals surface area (Å²) in [6, 6.07) is 0. The summed E-state index contributed by atoms with van der Waals surface area (Å²) in [7, 11) is 0. The molecule has 0 spiro atoms. The minimum absolute atomic E-state index is 0.247. The first kappa shape index (κ1) is 12.0. The maximum Gasteiger partial charge on any atom is 0.259 e. The van der Waals surface area contributed by atoms with Crippen LogP contribution in [0.25, 0.3) is 0 Å². The number of hydrogen-bond donors (Lipinski definition) is 1. The van der Waals surface area contributed by atoms with Gasteiger partial charge >= 0.3 is 0 Å². The minimum Gasteiger partial charge on any atom is -0.391 e. The monoisotopic (exact) mass is 268 g/mol. The number of ether oxygens (including phenoxy) is 1. The molecule has 2 heterocycles. The summed E-state index contributed by atoms with van der Waals surface area (Å²) >= 11 is 5.14. The molecular weight excluding hydrogens is 252 g/mol. The summed E-state index contributed by atoms with van der Waals surface area (Å²) in [6.07, 6.45) is 3.59. The molecule has 2 aliphatic heterocycles.